The fraction of sp³-hybridized carbons (Fsp3) is 0.533. The predicted octanol–water partition coefficient (Wildman–Crippen LogP) is 3.50. The van der Waals surface area contributed by atoms with E-state index in [9.17, 15) is 0 Å². The molecule has 0 unspecified atom stereocenters. The lowest BCUT2D eigenvalue weighted by molar-refractivity contribution is 0.242. The van der Waals surface area contributed by atoms with Gasteiger partial charge in [-0.2, -0.15) is 0 Å². The molecule has 0 fully saturated rings. The van der Waals surface area contributed by atoms with Crippen LogP contribution in [0, 0.1) is 17.8 Å². The lowest BCUT2D eigenvalue weighted by Gasteiger charge is -2.24. The number of nitrogens with zero attached hydrogens (tertiary/aromatic N) is 4. The third kappa shape index (κ3) is 3.53. The Hall–Kier alpha value is -1.62. The van der Waals surface area contributed by atoms with Crippen LogP contribution in [0.3, 0.4) is 0 Å². The summed E-state index contributed by atoms with van der Waals surface area (Å²) >= 11 is 6.06. The number of nitrogens with two attached hydrogens (primary N) is 1. The number of hydrogen-bond donors (Lipinski definition) is 1. The van der Waals surface area contributed by atoms with E-state index in [4.69, 9.17) is 17.3 Å². The van der Waals surface area contributed by atoms with Crippen LogP contribution in [0.4, 0.5) is 5.69 Å². The summed E-state index contributed by atoms with van der Waals surface area (Å²) in [4.78, 5) is 0. The Morgan fingerprint density at radius 1 is 1.19 bits per heavy atom. The van der Waals surface area contributed by atoms with Gasteiger partial charge >= 0.3 is 0 Å². The second-order valence-corrected chi connectivity index (χ2v) is 6.50. The minimum atomic E-state index is 0.493. The van der Waals surface area contributed by atoms with Gasteiger partial charge in [-0.05, 0) is 46.4 Å². The second kappa shape index (κ2) is 6.43. The summed E-state index contributed by atoms with van der Waals surface area (Å²) in [6, 6.07) is 5.34. The van der Waals surface area contributed by atoms with Crippen LogP contribution in [0.25, 0.3) is 11.4 Å². The molecule has 0 radical (unpaired) electrons. The third-order valence-electron chi connectivity index (χ3n) is 3.88. The highest BCUT2D eigenvalue weighted by molar-refractivity contribution is 6.31. The fourth-order valence-electron chi connectivity index (χ4n) is 2.63. The van der Waals surface area contributed by atoms with Gasteiger partial charge in [0.15, 0.2) is 5.82 Å². The third-order valence-corrected chi connectivity index (χ3v) is 4.12. The first-order valence-electron chi connectivity index (χ1n) is 7.21. The van der Waals surface area contributed by atoms with Crippen molar-refractivity contribution in [2.75, 3.05) is 5.73 Å². The van der Waals surface area contributed by atoms with Crippen molar-refractivity contribution in [2.45, 2.75) is 34.2 Å². The molecule has 0 amide bonds. The van der Waals surface area contributed by atoms with Crippen LogP contribution in [0.2, 0.25) is 5.02 Å². The summed E-state index contributed by atoms with van der Waals surface area (Å²) in [5.41, 5.74) is 7.44. The van der Waals surface area contributed by atoms with Gasteiger partial charge in [-0.15, -0.1) is 5.10 Å². The van der Waals surface area contributed by atoms with E-state index in [1.807, 2.05) is 4.68 Å². The lowest BCUT2D eigenvalue weighted by Crippen LogP contribution is -2.23. The molecule has 0 aliphatic heterocycles. The maximum absolute atomic E-state index is 6.06. The zero-order chi connectivity index (χ0) is 15.6. The Kier molecular flexibility index (Phi) is 4.83. The molecule has 5 nitrogen and oxygen atoms in total. The van der Waals surface area contributed by atoms with Gasteiger partial charge < -0.3 is 5.73 Å². The summed E-state index contributed by atoms with van der Waals surface area (Å²) in [6.45, 7) is 9.67. The van der Waals surface area contributed by atoms with Gasteiger partial charge in [0.2, 0.25) is 0 Å². The summed E-state index contributed by atoms with van der Waals surface area (Å²) in [5.74, 6) is 2.27. The number of anilines is 1. The van der Waals surface area contributed by atoms with Gasteiger partial charge in [-0.3, -0.25) is 0 Å². The van der Waals surface area contributed by atoms with Gasteiger partial charge in [-0.25, -0.2) is 4.68 Å². The summed E-state index contributed by atoms with van der Waals surface area (Å²) in [7, 11) is 0. The van der Waals surface area contributed by atoms with Crippen molar-refractivity contribution < 1.29 is 0 Å². The van der Waals surface area contributed by atoms with E-state index in [-0.39, 0.29) is 0 Å². The van der Waals surface area contributed by atoms with Crippen LogP contribution < -0.4 is 5.73 Å². The molecule has 6 heteroatoms. The Balaban J connectivity index is 2.36. The largest absolute Gasteiger partial charge is 0.398 e. The predicted molar refractivity (Wildman–Crippen MR) is 85.8 cm³/mol. The van der Waals surface area contributed by atoms with Crippen molar-refractivity contribution in [1.82, 2.24) is 20.2 Å². The van der Waals surface area contributed by atoms with Gasteiger partial charge in [0.1, 0.15) is 0 Å². The molecule has 2 aromatic rings. The SMILES string of the molecule is CC(C)C(Cn1nnnc1-c1cc(Cl)ccc1N)C(C)C. The van der Waals surface area contributed by atoms with Crippen LogP contribution >= 0.6 is 11.6 Å². The van der Waals surface area contributed by atoms with Crippen LogP contribution in [0.5, 0.6) is 0 Å². The maximum Gasteiger partial charge on any atom is 0.184 e. The molecule has 0 aliphatic carbocycles. The highest BCUT2D eigenvalue weighted by atomic mass is 35.5. The molecule has 2 N–H and O–H groups in total. The average Bonchev–Trinajstić information content (AvgIpc) is 2.86. The number of nitrogen functional groups attached to an aromatic ring is 1. The lowest BCUT2D eigenvalue weighted by atomic mass is 9.85. The van der Waals surface area contributed by atoms with Crippen LogP contribution in [0.1, 0.15) is 27.7 Å². The average molecular weight is 308 g/mol. The standard InChI is InChI=1S/C15H22ClN5/c1-9(2)13(10(3)4)8-21-15(18-19-20-21)12-7-11(16)5-6-14(12)17/h5-7,9-10,13H,8,17H2,1-4H3. The summed E-state index contributed by atoms with van der Waals surface area (Å²) in [6.07, 6.45) is 0. The molecule has 0 saturated heterocycles. The smallest absolute Gasteiger partial charge is 0.184 e. The quantitative estimate of drug-likeness (QED) is 0.858. The van der Waals surface area contributed by atoms with E-state index in [1.165, 1.54) is 0 Å². The van der Waals surface area contributed by atoms with Crippen molar-refractivity contribution in [1.29, 1.82) is 0 Å². The summed E-state index contributed by atoms with van der Waals surface area (Å²) < 4.78 is 1.83. The van der Waals surface area contributed by atoms with E-state index < -0.39 is 0 Å². The molecular weight excluding hydrogens is 286 g/mol. The van der Waals surface area contributed by atoms with Gasteiger partial charge in [0, 0.05) is 22.8 Å². The van der Waals surface area contributed by atoms with E-state index >= 15 is 0 Å². The molecule has 0 atom stereocenters. The van der Waals surface area contributed by atoms with Crippen molar-refractivity contribution in [2.24, 2.45) is 17.8 Å². The Morgan fingerprint density at radius 2 is 1.86 bits per heavy atom. The summed E-state index contributed by atoms with van der Waals surface area (Å²) in [5, 5.41) is 12.7. The van der Waals surface area contributed by atoms with E-state index in [2.05, 4.69) is 43.2 Å². The second-order valence-electron chi connectivity index (χ2n) is 6.07. The monoisotopic (exact) mass is 307 g/mol. The number of benzene rings is 1. The first kappa shape index (κ1) is 15.8. The number of tetrazole rings is 1. The van der Waals surface area contributed by atoms with Crippen molar-refractivity contribution in [3.63, 3.8) is 0 Å². The van der Waals surface area contributed by atoms with Crippen LogP contribution in [0.15, 0.2) is 18.2 Å². The molecule has 0 bridgehead atoms. The molecular formula is C15H22ClN5. The zero-order valence-electron chi connectivity index (χ0n) is 12.9. The molecule has 21 heavy (non-hydrogen) atoms. The first-order valence-corrected chi connectivity index (χ1v) is 7.59. The fourth-order valence-corrected chi connectivity index (χ4v) is 2.81. The number of aromatic nitrogens is 4. The van der Waals surface area contributed by atoms with Gasteiger partial charge in [-0.1, -0.05) is 39.3 Å². The van der Waals surface area contributed by atoms with Crippen LogP contribution in [-0.4, -0.2) is 20.2 Å². The van der Waals surface area contributed by atoms with Gasteiger partial charge in [0.25, 0.3) is 0 Å². The molecule has 1 aromatic heterocycles. The van der Waals surface area contributed by atoms with E-state index in [0.29, 0.717) is 34.3 Å². The molecule has 114 valence electrons. The Bertz CT molecular complexity index is 598. The first-order chi connectivity index (χ1) is 9.90. The van der Waals surface area contributed by atoms with Crippen molar-refractivity contribution >= 4 is 17.3 Å². The topological polar surface area (TPSA) is 69.6 Å². The van der Waals surface area contributed by atoms with Crippen molar-refractivity contribution in [3.8, 4) is 11.4 Å². The molecule has 1 heterocycles. The molecule has 1 aromatic carbocycles. The minimum absolute atomic E-state index is 0.493. The van der Waals surface area contributed by atoms with Crippen LogP contribution in [-0.2, 0) is 6.54 Å². The highest BCUT2D eigenvalue weighted by Gasteiger charge is 2.21. The zero-order valence-corrected chi connectivity index (χ0v) is 13.7. The Morgan fingerprint density at radius 3 is 2.48 bits per heavy atom. The maximum atomic E-state index is 6.06. The minimum Gasteiger partial charge on any atom is -0.398 e. The molecule has 2 rings (SSSR count). The van der Waals surface area contributed by atoms with Gasteiger partial charge in [0.05, 0.1) is 0 Å². The normalized spacial score (nSPS) is 11.8. The number of hydrogen-bond acceptors (Lipinski definition) is 4. The Labute approximate surface area is 130 Å². The van der Waals surface area contributed by atoms with Crippen molar-refractivity contribution in [3.05, 3.63) is 23.2 Å². The number of rotatable bonds is 5. The number of halogens is 1. The molecule has 0 spiro atoms. The molecule has 0 aliphatic rings. The van der Waals surface area contributed by atoms with E-state index in [1.54, 1.807) is 18.2 Å². The molecule has 0 saturated carbocycles. The van der Waals surface area contributed by atoms with E-state index in [0.717, 1.165) is 12.1 Å². The highest BCUT2D eigenvalue weighted by Crippen LogP contribution is 2.29.